The largest absolute Gasteiger partial charge is 0.490 e. The molecule has 2 fully saturated rings. The van der Waals surface area contributed by atoms with E-state index in [-0.39, 0.29) is 31.2 Å². The maximum atomic E-state index is 14.8. The molecule has 1 aromatic carbocycles. The van der Waals surface area contributed by atoms with Gasteiger partial charge in [-0.2, -0.15) is 17.8 Å². The molecule has 2 aliphatic heterocycles. The Hall–Kier alpha value is -3.29. The van der Waals surface area contributed by atoms with Gasteiger partial charge in [0.05, 0.1) is 36.5 Å². The van der Waals surface area contributed by atoms with Crippen LogP contribution in [-0.4, -0.2) is 73.9 Å². The maximum absolute atomic E-state index is 14.8. The molecule has 2 aromatic heterocycles. The second-order valence-corrected chi connectivity index (χ2v) is 11.6. The van der Waals surface area contributed by atoms with Crippen LogP contribution in [0.3, 0.4) is 0 Å². The predicted molar refractivity (Wildman–Crippen MR) is 140 cm³/mol. The first-order chi connectivity index (χ1) is 18.6. The number of rotatable bonds is 8. The summed E-state index contributed by atoms with van der Waals surface area (Å²) in [5.74, 6) is -0.910. The maximum Gasteiger partial charge on any atom is 0.303 e. The minimum atomic E-state index is -4.02. The van der Waals surface area contributed by atoms with Crippen LogP contribution in [0.4, 0.5) is 14.5 Å². The number of halogens is 2. The summed E-state index contributed by atoms with van der Waals surface area (Å²) < 4.78 is 70.1. The monoisotopic (exact) mass is 563 g/mol. The van der Waals surface area contributed by atoms with Gasteiger partial charge in [0, 0.05) is 57.4 Å². The van der Waals surface area contributed by atoms with Crippen LogP contribution in [0.2, 0.25) is 0 Å². The molecule has 13 heteroatoms. The zero-order chi connectivity index (χ0) is 27.7. The minimum absolute atomic E-state index is 0.0513. The molecule has 1 amide bonds. The van der Waals surface area contributed by atoms with Crippen LogP contribution in [0.15, 0.2) is 42.7 Å². The van der Waals surface area contributed by atoms with E-state index in [0.717, 1.165) is 4.31 Å². The van der Waals surface area contributed by atoms with E-state index >= 15 is 0 Å². The average molecular weight is 564 g/mol. The number of fused-ring (bicyclic) bond motifs is 1. The summed E-state index contributed by atoms with van der Waals surface area (Å²) in [7, 11) is -2.66. The van der Waals surface area contributed by atoms with Gasteiger partial charge in [0.2, 0.25) is 0 Å². The number of nitrogens with one attached hydrogen (secondary N) is 1. The number of pyridine rings is 1. The molecule has 2 atom stereocenters. The Morgan fingerprint density at radius 3 is 2.77 bits per heavy atom. The fraction of sp³-hybridized carbons (Fsp3) is 0.462. The van der Waals surface area contributed by atoms with Crippen LogP contribution in [-0.2, 0) is 14.9 Å². The van der Waals surface area contributed by atoms with Gasteiger partial charge in [0.15, 0.2) is 0 Å². The minimum Gasteiger partial charge on any atom is -0.490 e. The number of carbonyl (C=O) groups is 1. The van der Waals surface area contributed by atoms with Gasteiger partial charge < -0.3 is 14.4 Å². The number of alkyl halides is 1. The first-order valence-corrected chi connectivity index (χ1v) is 14.3. The third-order valence-corrected chi connectivity index (χ3v) is 8.68. The molecule has 10 nitrogen and oxygen atoms in total. The Morgan fingerprint density at radius 1 is 1.26 bits per heavy atom. The number of carbonyl (C=O) groups excluding carboxylic acids is 1. The van der Waals surface area contributed by atoms with Gasteiger partial charge in [-0.25, -0.2) is 18.0 Å². The summed E-state index contributed by atoms with van der Waals surface area (Å²) in [6.07, 6.45) is 3.24. The van der Waals surface area contributed by atoms with Crippen molar-refractivity contribution in [1.29, 1.82) is 0 Å². The highest BCUT2D eigenvalue weighted by molar-refractivity contribution is 7.87. The van der Waals surface area contributed by atoms with Crippen molar-refractivity contribution in [3.63, 3.8) is 0 Å². The molecule has 4 heterocycles. The summed E-state index contributed by atoms with van der Waals surface area (Å²) in [4.78, 5) is 14.7. The third-order valence-electron chi connectivity index (χ3n) is 7.16. The van der Waals surface area contributed by atoms with E-state index < -0.39 is 34.1 Å². The van der Waals surface area contributed by atoms with E-state index in [2.05, 4.69) is 5.10 Å². The van der Waals surface area contributed by atoms with Crippen molar-refractivity contribution >= 4 is 27.3 Å². The summed E-state index contributed by atoms with van der Waals surface area (Å²) in [6.45, 7) is 3.08. The highest BCUT2D eigenvalue weighted by Gasteiger charge is 2.34. The predicted octanol–water partition coefficient (Wildman–Crippen LogP) is 3.25. The molecule has 0 aliphatic carbocycles. The SMILES string of the molecule is CCN(C)S(=O)(=O)NC(=O)c1cnn2ccc(N3CC(F)CC3c3cc(F)cc(OC4CCOCC4)c3)cc12. The first kappa shape index (κ1) is 27.3. The Morgan fingerprint density at radius 2 is 2.03 bits per heavy atom. The summed E-state index contributed by atoms with van der Waals surface area (Å²) >= 11 is 0. The van der Waals surface area contributed by atoms with Crippen LogP contribution in [0.1, 0.15) is 48.1 Å². The molecule has 1 N–H and O–H groups in total. The number of amides is 1. The van der Waals surface area contributed by atoms with Gasteiger partial charge >= 0.3 is 10.2 Å². The van der Waals surface area contributed by atoms with Crippen LogP contribution >= 0.6 is 0 Å². The van der Waals surface area contributed by atoms with E-state index in [4.69, 9.17) is 9.47 Å². The second-order valence-electron chi connectivity index (χ2n) is 9.77. The molecule has 2 aliphatic rings. The molecule has 3 aromatic rings. The Balaban J connectivity index is 1.43. The van der Waals surface area contributed by atoms with Gasteiger partial charge in [0.1, 0.15) is 23.8 Å². The van der Waals surface area contributed by atoms with Crippen LogP contribution in [0.25, 0.3) is 5.52 Å². The standard InChI is InChI=1S/C26H31F2N5O5S/c1-3-31(2)39(35,36)30-26(34)23-15-29-33-7-4-20(14-25(23)33)32-16-19(28)13-24(32)17-10-18(27)12-22(11-17)38-21-5-8-37-9-6-21/h4,7,10-12,14-15,19,21,24H,3,5-6,8-9,13,16H2,1-2H3,(H,30,34). The highest BCUT2D eigenvalue weighted by Crippen LogP contribution is 2.39. The zero-order valence-electron chi connectivity index (χ0n) is 21.7. The van der Waals surface area contributed by atoms with E-state index in [1.54, 1.807) is 31.3 Å². The van der Waals surface area contributed by atoms with Crippen molar-refractivity contribution in [3.8, 4) is 5.75 Å². The molecule has 39 heavy (non-hydrogen) atoms. The Kier molecular flexibility index (Phi) is 7.74. The lowest BCUT2D eigenvalue weighted by Crippen LogP contribution is -2.41. The lowest BCUT2D eigenvalue weighted by atomic mass is 10.0. The summed E-state index contributed by atoms with van der Waals surface area (Å²) in [5, 5.41) is 4.15. The molecular formula is C26H31F2N5O5S. The van der Waals surface area contributed by atoms with Crippen molar-refractivity contribution in [2.75, 3.05) is 38.3 Å². The van der Waals surface area contributed by atoms with E-state index in [1.165, 1.54) is 29.9 Å². The number of anilines is 1. The summed E-state index contributed by atoms with van der Waals surface area (Å²) in [5.41, 5.74) is 1.57. The topological polar surface area (TPSA) is 105 Å². The first-order valence-electron chi connectivity index (χ1n) is 12.9. The van der Waals surface area contributed by atoms with Crippen molar-refractivity contribution in [1.82, 2.24) is 18.6 Å². The quantitative estimate of drug-likeness (QED) is 0.449. The molecule has 210 valence electrons. The van der Waals surface area contributed by atoms with Gasteiger partial charge in [-0.3, -0.25) is 4.79 Å². The van der Waals surface area contributed by atoms with Crippen molar-refractivity contribution in [2.45, 2.75) is 44.5 Å². The molecule has 2 saturated heterocycles. The number of ether oxygens (including phenoxy) is 2. The zero-order valence-corrected chi connectivity index (χ0v) is 22.5. The van der Waals surface area contributed by atoms with Gasteiger partial charge in [-0.1, -0.05) is 6.92 Å². The molecule has 0 radical (unpaired) electrons. The average Bonchev–Trinajstić information content (AvgIpc) is 3.51. The summed E-state index contributed by atoms with van der Waals surface area (Å²) in [6, 6.07) is 7.37. The van der Waals surface area contributed by atoms with Gasteiger partial charge in [0.25, 0.3) is 5.91 Å². The molecule has 0 saturated carbocycles. The number of hydrogen-bond donors (Lipinski definition) is 1. The number of nitrogens with zero attached hydrogens (tertiary/aromatic N) is 4. The fourth-order valence-electron chi connectivity index (χ4n) is 4.96. The Labute approximate surface area is 225 Å². The molecule has 0 bridgehead atoms. The molecular weight excluding hydrogens is 532 g/mol. The molecule has 2 unspecified atom stereocenters. The molecule has 0 spiro atoms. The third kappa shape index (κ3) is 5.85. The van der Waals surface area contributed by atoms with E-state index in [9.17, 15) is 22.0 Å². The van der Waals surface area contributed by atoms with Crippen LogP contribution in [0.5, 0.6) is 5.75 Å². The number of benzene rings is 1. The van der Waals surface area contributed by atoms with Gasteiger partial charge in [-0.05, 0) is 29.8 Å². The lowest BCUT2D eigenvalue weighted by molar-refractivity contribution is 0.0254. The van der Waals surface area contributed by atoms with Crippen LogP contribution in [0, 0.1) is 5.82 Å². The molecule has 5 rings (SSSR count). The number of hydrogen-bond acceptors (Lipinski definition) is 7. The van der Waals surface area contributed by atoms with E-state index in [0.29, 0.717) is 48.6 Å². The van der Waals surface area contributed by atoms with Crippen molar-refractivity contribution in [3.05, 3.63) is 59.7 Å². The van der Waals surface area contributed by atoms with Gasteiger partial charge in [-0.15, -0.1) is 0 Å². The number of aromatic nitrogens is 2. The lowest BCUT2D eigenvalue weighted by Gasteiger charge is -2.28. The smallest absolute Gasteiger partial charge is 0.303 e. The second kappa shape index (κ2) is 11.1. The van der Waals surface area contributed by atoms with Crippen LogP contribution < -0.4 is 14.4 Å². The fourth-order valence-corrected chi connectivity index (χ4v) is 5.80. The Bertz CT molecular complexity index is 1460. The normalized spacial score (nSPS) is 20.6. The van der Waals surface area contributed by atoms with Crippen molar-refractivity contribution in [2.24, 2.45) is 0 Å². The van der Waals surface area contributed by atoms with E-state index in [1.807, 2.05) is 9.62 Å². The van der Waals surface area contributed by atoms with Crippen molar-refractivity contribution < 1.29 is 31.5 Å². The highest BCUT2D eigenvalue weighted by atomic mass is 32.2.